The van der Waals surface area contributed by atoms with Gasteiger partial charge in [-0.2, -0.15) is 4.99 Å². The number of hydrogen-bond donors (Lipinski definition) is 3. The molecule has 0 atom stereocenters. The fraction of sp³-hybridized carbons (Fsp3) is 0.500. The maximum atomic E-state index is 12.2. The second kappa shape index (κ2) is 6.60. The highest BCUT2D eigenvalue weighted by Crippen LogP contribution is 2.40. The number of nitrogens with one attached hydrogen (secondary N) is 1. The van der Waals surface area contributed by atoms with Crippen molar-refractivity contribution in [2.45, 2.75) is 37.8 Å². The van der Waals surface area contributed by atoms with Crippen molar-refractivity contribution in [2.24, 2.45) is 21.5 Å². The lowest BCUT2D eigenvalue weighted by Gasteiger charge is -2.45. The minimum Gasteiger partial charge on any atom is -0.369 e. The summed E-state index contributed by atoms with van der Waals surface area (Å²) in [7, 11) is 0. The Morgan fingerprint density at radius 1 is 1.12 bits per heavy atom. The zero-order valence-corrected chi connectivity index (χ0v) is 14.8. The molecule has 3 aliphatic rings. The lowest BCUT2D eigenvalue weighted by molar-refractivity contribution is -0.118. The van der Waals surface area contributed by atoms with Gasteiger partial charge in [-0.05, 0) is 43.9 Å². The molecule has 2 fully saturated rings. The van der Waals surface area contributed by atoms with Crippen LogP contribution in [-0.4, -0.2) is 43.1 Å². The molecule has 0 unspecified atom stereocenters. The minimum atomic E-state index is -0.472. The van der Waals surface area contributed by atoms with E-state index in [4.69, 9.17) is 16.5 Å². The van der Waals surface area contributed by atoms with Crippen LogP contribution in [0.5, 0.6) is 0 Å². The lowest BCUT2D eigenvalue weighted by atomic mass is 9.87. The van der Waals surface area contributed by atoms with Gasteiger partial charge in [0.05, 0.1) is 6.54 Å². The van der Waals surface area contributed by atoms with Gasteiger partial charge in [0.2, 0.25) is 17.8 Å². The highest BCUT2D eigenvalue weighted by atomic mass is 16.2. The van der Waals surface area contributed by atoms with Crippen molar-refractivity contribution >= 4 is 29.2 Å². The van der Waals surface area contributed by atoms with Gasteiger partial charge in [-0.1, -0.05) is 12.5 Å². The summed E-state index contributed by atoms with van der Waals surface area (Å²) in [5.74, 6) is 0.681. The van der Waals surface area contributed by atoms with Crippen LogP contribution >= 0.6 is 0 Å². The van der Waals surface area contributed by atoms with Crippen LogP contribution in [0.1, 0.15) is 32.1 Å². The first kappa shape index (κ1) is 16.8. The van der Waals surface area contributed by atoms with Crippen LogP contribution in [0.3, 0.4) is 0 Å². The number of nitrogens with zero attached hydrogens (tertiary/aromatic N) is 4. The molecule has 1 saturated carbocycles. The largest absolute Gasteiger partial charge is 0.369 e. The van der Waals surface area contributed by atoms with E-state index in [1.807, 2.05) is 34.1 Å². The quantitative estimate of drug-likeness (QED) is 0.724. The van der Waals surface area contributed by atoms with E-state index in [0.717, 1.165) is 43.6 Å². The summed E-state index contributed by atoms with van der Waals surface area (Å²) in [6.45, 7) is 1.80. The number of carbonyl (C=O) groups excluding carboxylic acids is 1. The number of hydrogen-bond acceptors (Lipinski definition) is 7. The number of anilines is 2. The molecular formula is C18H25N7O. The predicted octanol–water partition coefficient (Wildman–Crippen LogP) is 0.733. The molecule has 1 saturated heterocycles. The molecule has 1 spiro atoms. The Morgan fingerprint density at radius 2 is 1.88 bits per heavy atom. The van der Waals surface area contributed by atoms with E-state index in [0.29, 0.717) is 19.0 Å². The van der Waals surface area contributed by atoms with E-state index in [9.17, 15) is 4.79 Å². The molecule has 1 aliphatic carbocycles. The zero-order valence-electron chi connectivity index (χ0n) is 14.8. The predicted molar refractivity (Wildman–Crippen MR) is 103 cm³/mol. The summed E-state index contributed by atoms with van der Waals surface area (Å²) in [4.78, 5) is 25.0. The second-order valence-corrected chi connectivity index (χ2v) is 7.06. The highest BCUT2D eigenvalue weighted by Gasteiger charge is 2.42. The van der Waals surface area contributed by atoms with E-state index in [-0.39, 0.29) is 11.9 Å². The van der Waals surface area contributed by atoms with Gasteiger partial charge in [-0.15, -0.1) is 0 Å². The molecule has 0 aromatic heterocycles. The van der Waals surface area contributed by atoms with Gasteiger partial charge in [0.1, 0.15) is 5.66 Å². The first-order valence-corrected chi connectivity index (χ1v) is 9.20. The summed E-state index contributed by atoms with van der Waals surface area (Å²) in [5.41, 5.74) is 13.5. The van der Waals surface area contributed by atoms with E-state index in [1.54, 1.807) is 0 Å². The number of guanidine groups is 2. The van der Waals surface area contributed by atoms with Crippen LogP contribution in [0, 0.1) is 0 Å². The first-order chi connectivity index (χ1) is 12.6. The summed E-state index contributed by atoms with van der Waals surface area (Å²) in [5, 5.41) is 3.10. The van der Waals surface area contributed by atoms with E-state index < -0.39 is 5.66 Å². The first-order valence-electron chi connectivity index (χ1n) is 9.20. The Bertz CT molecular complexity index is 767. The van der Waals surface area contributed by atoms with Gasteiger partial charge >= 0.3 is 0 Å². The van der Waals surface area contributed by atoms with E-state index in [2.05, 4.69) is 10.3 Å². The number of benzene rings is 1. The van der Waals surface area contributed by atoms with Crippen LogP contribution in [-0.2, 0) is 4.79 Å². The Morgan fingerprint density at radius 3 is 2.65 bits per heavy atom. The summed E-state index contributed by atoms with van der Waals surface area (Å²) < 4.78 is 0. The summed E-state index contributed by atoms with van der Waals surface area (Å²) in [6.07, 6.45) is 5.13. The standard InChI is InChI=1S/C18H25N7O/c19-16-22-17(20)25(18(23-16)7-2-1-3-8-18)14-6-4-5-13(11-14)24-10-9-21-12-15(24)26/h4-6,11,21H,1-3,7-10,12H2,(H4,19,20,22,23). The SMILES string of the molecule is NC1=NC2(CCCCC2)N(c2cccc(N3CCNCC3=O)c2)C(N)=N1. The van der Waals surface area contributed by atoms with E-state index in [1.165, 1.54) is 6.42 Å². The van der Waals surface area contributed by atoms with Crippen LogP contribution in [0.25, 0.3) is 0 Å². The molecule has 1 aromatic carbocycles. The Kier molecular flexibility index (Phi) is 4.28. The zero-order chi connectivity index (χ0) is 18.1. The minimum absolute atomic E-state index is 0.0725. The lowest BCUT2D eigenvalue weighted by Crippen LogP contribution is -2.58. The normalized spacial score (nSPS) is 23.0. The van der Waals surface area contributed by atoms with Crippen LogP contribution in [0.2, 0.25) is 0 Å². The van der Waals surface area contributed by atoms with Crippen LogP contribution < -0.4 is 26.6 Å². The fourth-order valence-electron chi connectivity index (χ4n) is 4.17. The molecule has 26 heavy (non-hydrogen) atoms. The van der Waals surface area contributed by atoms with Crippen molar-refractivity contribution in [1.29, 1.82) is 0 Å². The van der Waals surface area contributed by atoms with Gasteiger partial charge in [0.25, 0.3) is 0 Å². The maximum absolute atomic E-state index is 12.2. The third-order valence-corrected chi connectivity index (χ3v) is 5.34. The van der Waals surface area contributed by atoms with Gasteiger partial charge in [-0.3, -0.25) is 9.69 Å². The van der Waals surface area contributed by atoms with Crippen LogP contribution in [0.15, 0.2) is 34.3 Å². The average Bonchev–Trinajstić information content (AvgIpc) is 2.62. The van der Waals surface area contributed by atoms with Crippen molar-refractivity contribution in [1.82, 2.24) is 5.32 Å². The number of rotatable bonds is 2. The monoisotopic (exact) mass is 355 g/mol. The van der Waals surface area contributed by atoms with Crippen molar-refractivity contribution in [3.05, 3.63) is 24.3 Å². The Labute approximate surface area is 152 Å². The number of piperazine rings is 1. The van der Waals surface area contributed by atoms with Crippen molar-refractivity contribution in [2.75, 3.05) is 29.4 Å². The van der Waals surface area contributed by atoms with Crippen molar-refractivity contribution < 1.29 is 4.79 Å². The highest BCUT2D eigenvalue weighted by molar-refractivity contribution is 6.06. The molecule has 0 radical (unpaired) electrons. The Balaban J connectivity index is 1.72. The molecule has 5 N–H and O–H groups in total. The third kappa shape index (κ3) is 2.90. The van der Waals surface area contributed by atoms with Crippen LogP contribution in [0.4, 0.5) is 11.4 Å². The molecule has 1 aromatic rings. The molecular weight excluding hydrogens is 330 g/mol. The fourth-order valence-corrected chi connectivity index (χ4v) is 4.17. The second-order valence-electron chi connectivity index (χ2n) is 7.06. The van der Waals surface area contributed by atoms with Gasteiger partial charge < -0.3 is 21.7 Å². The molecule has 8 heteroatoms. The van der Waals surface area contributed by atoms with Gasteiger partial charge in [0.15, 0.2) is 0 Å². The molecule has 8 nitrogen and oxygen atoms in total. The third-order valence-electron chi connectivity index (χ3n) is 5.34. The average molecular weight is 355 g/mol. The van der Waals surface area contributed by atoms with E-state index >= 15 is 0 Å². The Hall–Kier alpha value is -2.61. The smallest absolute Gasteiger partial charge is 0.240 e. The maximum Gasteiger partial charge on any atom is 0.240 e. The summed E-state index contributed by atoms with van der Waals surface area (Å²) in [6, 6.07) is 7.89. The molecule has 0 bridgehead atoms. The molecule has 2 aliphatic heterocycles. The molecule has 1 amide bonds. The number of nitrogens with two attached hydrogens (primary N) is 2. The number of carbonyl (C=O) groups is 1. The van der Waals surface area contributed by atoms with Gasteiger partial charge in [0, 0.05) is 24.5 Å². The molecule has 4 rings (SSSR count). The summed E-state index contributed by atoms with van der Waals surface area (Å²) >= 11 is 0. The van der Waals surface area contributed by atoms with Crippen molar-refractivity contribution in [3.8, 4) is 0 Å². The molecule has 2 heterocycles. The van der Waals surface area contributed by atoms with Gasteiger partial charge in [-0.25, -0.2) is 4.99 Å². The van der Waals surface area contributed by atoms with Crippen molar-refractivity contribution in [3.63, 3.8) is 0 Å². The number of amides is 1. The topological polar surface area (TPSA) is 112 Å². The number of aliphatic imine (C=N–C) groups is 2. The molecule has 138 valence electrons.